The largest absolute Gasteiger partial charge is 0.451 e. The summed E-state index contributed by atoms with van der Waals surface area (Å²) in [5.41, 5.74) is 0. The molecule has 0 aromatic heterocycles. The van der Waals surface area contributed by atoms with E-state index < -0.39 is 12.1 Å². The Hall–Kier alpha value is -1.12. The minimum absolute atomic E-state index is 0.0823. The van der Waals surface area contributed by atoms with Gasteiger partial charge in [0.05, 0.1) is 0 Å². The van der Waals surface area contributed by atoms with Gasteiger partial charge in [-0.1, -0.05) is 71.3 Å². The van der Waals surface area contributed by atoms with Crippen LogP contribution >= 0.6 is 0 Å². The lowest BCUT2D eigenvalue weighted by molar-refractivity contribution is -0.150. The Balaban J connectivity index is 3.52. The van der Waals surface area contributed by atoms with Crippen LogP contribution in [0.3, 0.4) is 0 Å². The number of hydrogen-bond acceptors (Lipinski definition) is 3. The number of ether oxygens (including phenoxy) is 1. The third-order valence-corrected chi connectivity index (χ3v) is 3.70. The fourth-order valence-corrected chi connectivity index (χ4v) is 2.35. The molecule has 3 nitrogen and oxygen atoms in total. The maximum Gasteiger partial charge on any atom is 0.330 e. The van der Waals surface area contributed by atoms with E-state index in [1.54, 1.807) is 0 Å². The molecular weight excluding hydrogens is 264 g/mol. The molecule has 0 radical (unpaired) electrons. The highest BCUT2D eigenvalue weighted by Crippen LogP contribution is 2.13. The van der Waals surface area contributed by atoms with Crippen molar-refractivity contribution in [3.05, 3.63) is 12.7 Å². The molecule has 0 aliphatic rings. The van der Waals surface area contributed by atoms with Crippen LogP contribution in [0, 0.1) is 0 Å². The molecule has 0 heterocycles. The van der Waals surface area contributed by atoms with Crippen molar-refractivity contribution in [1.82, 2.24) is 0 Å². The first-order valence-corrected chi connectivity index (χ1v) is 8.45. The highest BCUT2D eigenvalue weighted by molar-refractivity contribution is 5.87. The molecule has 0 spiro atoms. The number of hydrogen-bond donors (Lipinski definition) is 0. The lowest BCUT2D eigenvalue weighted by Crippen LogP contribution is -2.24. The van der Waals surface area contributed by atoms with Crippen LogP contribution in [0.25, 0.3) is 0 Å². The fourth-order valence-electron chi connectivity index (χ4n) is 2.35. The molecule has 0 aliphatic carbocycles. The van der Waals surface area contributed by atoms with Crippen LogP contribution in [-0.4, -0.2) is 17.9 Å². The van der Waals surface area contributed by atoms with E-state index in [2.05, 4.69) is 13.5 Å². The maximum absolute atomic E-state index is 11.4. The van der Waals surface area contributed by atoms with Crippen LogP contribution in [-0.2, 0) is 14.3 Å². The van der Waals surface area contributed by atoms with Crippen molar-refractivity contribution in [2.24, 2.45) is 0 Å². The second-order valence-electron chi connectivity index (χ2n) is 5.71. The Morgan fingerprint density at radius 1 is 0.952 bits per heavy atom. The second kappa shape index (κ2) is 13.8. The summed E-state index contributed by atoms with van der Waals surface area (Å²) in [4.78, 5) is 22.5. The summed E-state index contributed by atoms with van der Waals surface area (Å²) in [7, 11) is 0. The molecule has 0 amide bonds. The van der Waals surface area contributed by atoms with Crippen molar-refractivity contribution >= 4 is 11.8 Å². The summed E-state index contributed by atoms with van der Waals surface area (Å²) >= 11 is 0. The van der Waals surface area contributed by atoms with E-state index in [-0.39, 0.29) is 5.78 Å². The molecule has 122 valence electrons. The Kier molecular flexibility index (Phi) is 13.1. The lowest BCUT2D eigenvalue weighted by Gasteiger charge is -2.13. The number of carbonyl (C=O) groups excluding carboxylic acids is 2. The maximum atomic E-state index is 11.4. The molecule has 0 bridgehead atoms. The van der Waals surface area contributed by atoms with Crippen molar-refractivity contribution < 1.29 is 14.3 Å². The molecule has 0 saturated heterocycles. The third kappa shape index (κ3) is 12.3. The second-order valence-corrected chi connectivity index (χ2v) is 5.71. The minimum atomic E-state index is -0.593. The van der Waals surface area contributed by atoms with Gasteiger partial charge in [0.2, 0.25) is 0 Å². The topological polar surface area (TPSA) is 43.4 Å². The molecule has 0 saturated carbocycles. The van der Waals surface area contributed by atoms with Crippen molar-refractivity contribution in [3.63, 3.8) is 0 Å². The van der Waals surface area contributed by atoms with Crippen molar-refractivity contribution in [3.8, 4) is 0 Å². The molecule has 0 aromatic rings. The average molecular weight is 296 g/mol. The molecule has 0 fully saturated rings. The first-order valence-electron chi connectivity index (χ1n) is 8.45. The summed E-state index contributed by atoms with van der Waals surface area (Å²) in [6.45, 7) is 7.05. The van der Waals surface area contributed by atoms with E-state index in [0.717, 1.165) is 18.9 Å². The van der Waals surface area contributed by atoms with Gasteiger partial charge in [0, 0.05) is 6.08 Å². The zero-order valence-corrected chi connectivity index (χ0v) is 13.9. The molecule has 0 aliphatic heterocycles. The number of unbranched alkanes of at least 4 members (excludes halogenated alkanes) is 9. The number of rotatable bonds is 14. The van der Waals surface area contributed by atoms with Crippen LogP contribution in [0.4, 0.5) is 0 Å². The molecule has 1 atom stereocenters. The molecule has 0 aromatic carbocycles. The van der Waals surface area contributed by atoms with Gasteiger partial charge in [-0.15, -0.1) is 0 Å². The molecule has 3 heteroatoms. The van der Waals surface area contributed by atoms with Crippen LogP contribution in [0.5, 0.6) is 0 Å². The van der Waals surface area contributed by atoms with Crippen LogP contribution in [0.1, 0.15) is 84.5 Å². The van der Waals surface area contributed by atoms with Crippen molar-refractivity contribution in [2.45, 2.75) is 90.6 Å². The van der Waals surface area contributed by atoms with Crippen LogP contribution < -0.4 is 0 Å². The normalized spacial score (nSPS) is 11.9. The summed E-state index contributed by atoms with van der Waals surface area (Å²) in [6.07, 6.45) is 13.7. The zero-order chi connectivity index (χ0) is 15.9. The van der Waals surface area contributed by atoms with Crippen LogP contribution in [0.15, 0.2) is 12.7 Å². The van der Waals surface area contributed by atoms with Crippen molar-refractivity contribution in [1.29, 1.82) is 0 Å². The standard InChI is InChI=1S/C18H32O3/c1-4-6-7-8-9-10-11-12-13-14-15-17(16(3)19)21-18(20)5-2/h5,17H,2,4,6-15H2,1,3H3. The fraction of sp³-hybridized carbons (Fsp3) is 0.778. The monoisotopic (exact) mass is 296 g/mol. The average Bonchev–Trinajstić information content (AvgIpc) is 2.47. The summed E-state index contributed by atoms with van der Waals surface area (Å²) in [6, 6.07) is 0. The SMILES string of the molecule is C=CC(=O)OC(CCCCCCCCCCCC)C(C)=O. The molecule has 1 unspecified atom stereocenters. The quantitative estimate of drug-likeness (QED) is 0.258. The van der Waals surface area contributed by atoms with E-state index in [1.165, 1.54) is 58.3 Å². The van der Waals surface area contributed by atoms with Gasteiger partial charge in [0.1, 0.15) is 0 Å². The summed E-state index contributed by atoms with van der Waals surface area (Å²) in [5.74, 6) is -0.594. The Morgan fingerprint density at radius 2 is 1.43 bits per heavy atom. The molecule has 0 rings (SSSR count). The smallest absolute Gasteiger partial charge is 0.330 e. The number of Topliss-reactive ketones (excluding diaryl/α,β-unsaturated/α-hetero) is 1. The summed E-state index contributed by atoms with van der Waals surface area (Å²) < 4.78 is 5.04. The van der Waals surface area contributed by atoms with E-state index in [4.69, 9.17) is 4.74 Å². The predicted octanol–water partition coefficient (Wildman–Crippen LogP) is 4.98. The first kappa shape index (κ1) is 19.9. The van der Waals surface area contributed by atoms with Gasteiger partial charge in [0.25, 0.3) is 0 Å². The van der Waals surface area contributed by atoms with E-state index in [1.807, 2.05) is 0 Å². The summed E-state index contributed by atoms with van der Waals surface area (Å²) in [5, 5.41) is 0. The van der Waals surface area contributed by atoms with Crippen LogP contribution in [0.2, 0.25) is 0 Å². The van der Waals surface area contributed by atoms with Gasteiger partial charge < -0.3 is 4.74 Å². The number of esters is 1. The third-order valence-electron chi connectivity index (χ3n) is 3.70. The minimum Gasteiger partial charge on any atom is -0.451 e. The Bertz CT molecular complexity index is 297. The van der Waals surface area contributed by atoms with Gasteiger partial charge >= 0.3 is 5.97 Å². The predicted molar refractivity (Wildman–Crippen MR) is 87.2 cm³/mol. The number of carbonyl (C=O) groups is 2. The Labute approximate surface area is 130 Å². The van der Waals surface area contributed by atoms with Gasteiger partial charge in [-0.3, -0.25) is 4.79 Å². The van der Waals surface area contributed by atoms with Gasteiger partial charge in [-0.25, -0.2) is 4.79 Å². The Morgan fingerprint density at radius 3 is 1.86 bits per heavy atom. The van der Waals surface area contributed by atoms with Gasteiger partial charge in [0.15, 0.2) is 11.9 Å². The van der Waals surface area contributed by atoms with E-state index >= 15 is 0 Å². The number of ketones is 1. The van der Waals surface area contributed by atoms with E-state index in [0.29, 0.717) is 6.42 Å². The van der Waals surface area contributed by atoms with Gasteiger partial charge in [-0.2, -0.15) is 0 Å². The molecule has 21 heavy (non-hydrogen) atoms. The van der Waals surface area contributed by atoms with Crippen molar-refractivity contribution in [2.75, 3.05) is 0 Å². The zero-order valence-electron chi connectivity index (χ0n) is 13.9. The molecular formula is C18H32O3. The van der Waals surface area contributed by atoms with Gasteiger partial charge in [-0.05, 0) is 19.8 Å². The lowest BCUT2D eigenvalue weighted by atomic mass is 10.0. The highest BCUT2D eigenvalue weighted by Gasteiger charge is 2.17. The highest BCUT2D eigenvalue weighted by atomic mass is 16.5. The molecule has 0 N–H and O–H groups in total. The van der Waals surface area contributed by atoms with E-state index in [9.17, 15) is 9.59 Å². The first-order chi connectivity index (χ1) is 10.1.